The van der Waals surface area contributed by atoms with Gasteiger partial charge in [0.15, 0.2) is 5.15 Å². The van der Waals surface area contributed by atoms with Crippen LogP contribution >= 0.6 is 23.4 Å². The van der Waals surface area contributed by atoms with Crippen molar-refractivity contribution in [3.8, 4) is 5.69 Å². The number of hydrogen-bond acceptors (Lipinski definition) is 5. The lowest BCUT2D eigenvalue weighted by atomic mass is 10.4. The van der Waals surface area contributed by atoms with Gasteiger partial charge in [0.25, 0.3) is 0 Å². The van der Waals surface area contributed by atoms with Crippen LogP contribution < -0.4 is 4.90 Å². The van der Waals surface area contributed by atoms with E-state index >= 15 is 0 Å². The summed E-state index contributed by atoms with van der Waals surface area (Å²) in [6, 6.07) is 3.50. The van der Waals surface area contributed by atoms with E-state index in [1.54, 1.807) is 37.6 Å². The molecule has 2 aromatic heterocycles. The van der Waals surface area contributed by atoms with Crippen molar-refractivity contribution in [3.63, 3.8) is 0 Å². The third-order valence-corrected chi connectivity index (χ3v) is 4.36. The maximum absolute atomic E-state index is 12.2. The van der Waals surface area contributed by atoms with Crippen molar-refractivity contribution < 1.29 is 22.7 Å². The minimum atomic E-state index is -4.24. The number of amides is 1. The Bertz CT molecular complexity index is 727. The van der Waals surface area contributed by atoms with Gasteiger partial charge in [-0.15, -0.1) is 11.8 Å². The summed E-state index contributed by atoms with van der Waals surface area (Å²) >= 11 is 6.77. The molecule has 0 aliphatic rings. The zero-order valence-electron chi connectivity index (χ0n) is 13.7. The fourth-order valence-electron chi connectivity index (χ4n) is 2.00. The first-order chi connectivity index (χ1) is 12.3. The Labute approximate surface area is 157 Å². The highest BCUT2D eigenvalue weighted by Crippen LogP contribution is 2.26. The Morgan fingerprint density at radius 1 is 1.46 bits per heavy atom. The van der Waals surface area contributed by atoms with Gasteiger partial charge in [-0.25, -0.2) is 9.48 Å². The normalized spacial score (nSPS) is 11.4. The van der Waals surface area contributed by atoms with Crippen molar-refractivity contribution in [1.29, 1.82) is 0 Å². The summed E-state index contributed by atoms with van der Waals surface area (Å²) in [5.41, 5.74) is 1.000. The molecule has 0 radical (unpaired) electrons. The highest BCUT2D eigenvalue weighted by Gasteiger charge is 2.27. The number of pyridine rings is 1. The quantitative estimate of drug-likeness (QED) is 0.643. The summed E-state index contributed by atoms with van der Waals surface area (Å²) in [6.45, 7) is 1.84. The number of halogens is 4. The lowest BCUT2D eigenvalue weighted by molar-refractivity contribution is -0.105. The largest absolute Gasteiger partial charge is 0.448 e. The van der Waals surface area contributed by atoms with Gasteiger partial charge < -0.3 is 4.74 Å². The molecular formula is C15H16ClF3N4O2S. The number of hydrogen-bond donors (Lipinski definition) is 0. The first-order valence-corrected chi connectivity index (χ1v) is 9.09. The van der Waals surface area contributed by atoms with E-state index in [1.165, 1.54) is 9.58 Å². The number of ether oxygens (including phenoxy) is 1. The minimum absolute atomic E-state index is 0.0471. The van der Waals surface area contributed by atoms with E-state index in [1.807, 2.05) is 0 Å². The van der Waals surface area contributed by atoms with Crippen LogP contribution in [0, 0.1) is 0 Å². The van der Waals surface area contributed by atoms with Crippen molar-refractivity contribution in [2.24, 2.45) is 0 Å². The Morgan fingerprint density at radius 3 is 2.85 bits per heavy atom. The SMILES string of the molecule is CCN(C(=O)OCCSCC(F)(F)F)c1cn(-c2cccnc2)nc1Cl. The second-order valence-electron chi connectivity index (χ2n) is 4.99. The van der Waals surface area contributed by atoms with Gasteiger partial charge in [0.05, 0.1) is 23.8 Å². The first-order valence-electron chi connectivity index (χ1n) is 7.56. The standard InChI is InChI=1S/C15H16ClF3N4O2S/c1-2-22(14(24)25-6-7-26-10-15(17,18)19)12-9-23(21-13(12)16)11-4-3-5-20-8-11/h3-5,8-9H,2,6-7,10H2,1H3. The van der Waals surface area contributed by atoms with Crippen LogP contribution in [0.3, 0.4) is 0 Å². The number of alkyl halides is 3. The number of rotatable bonds is 7. The molecule has 0 saturated heterocycles. The van der Waals surface area contributed by atoms with Gasteiger partial charge in [0, 0.05) is 18.5 Å². The summed E-state index contributed by atoms with van der Waals surface area (Å²) in [5, 5.41) is 4.23. The van der Waals surface area contributed by atoms with Crippen molar-refractivity contribution in [2.75, 3.05) is 29.6 Å². The maximum Gasteiger partial charge on any atom is 0.414 e. The minimum Gasteiger partial charge on any atom is -0.448 e. The van der Waals surface area contributed by atoms with Gasteiger partial charge in [-0.1, -0.05) is 11.6 Å². The number of anilines is 1. The second-order valence-corrected chi connectivity index (χ2v) is 6.45. The molecule has 0 N–H and O–H groups in total. The van der Waals surface area contributed by atoms with Crippen LogP contribution in [0.4, 0.5) is 23.7 Å². The topological polar surface area (TPSA) is 60.2 Å². The van der Waals surface area contributed by atoms with E-state index < -0.39 is 18.0 Å². The van der Waals surface area contributed by atoms with E-state index in [0.29, 0.717) is 23.1 Å². The lowest BCUT2D eigenvalue weighted by Crippen LogP contribution is -2.31. The molecule has 1 amide bonds. The van der Waals surface area contributed by atoms with Crippen LogP contribution in [-0.4, -0.2) is 51.7 Å². The summed E-state index contributed by atoms with van der Waals surface area (Å²) in [7, 11) is 0. The summed E-state index contributed by atoms with van der Waals surface area (Å²) in [4.78, 5) is 17.4. The fraction of sp³-hybridized carbons (Fsp3) is 0.400. The molecule has 0 unspecified atom stereocenters. The van der Waals surface area contributed by atoms with Gasteiger partial charge in [-0.05, 0) is 19.1 Å². The molecule has 2 rings (SSSR count). The van der Waals surface area contributed by atoms with E-state index in [9.17, 15) is 18.0 Å². The molecule has 11 heteroatoms. The van der Waals surface area contributed by atoms with Crippen molar-refractivity contribution in [3.05, 3.63) is 35.9 Å². The number of aromatic nitrogens is 3. The third-order valence-electron chi connectivity index (χ3n) is 3.11. The number of nitrogens with zero attached hydrogens (tertiary/aromatic N) is 4. The van der Waals surface area contributed by atoms with Gasteiger partial charge in [0.1, 0.15) is 12.3 Å². The fourth-order valence-corrected chi connectivity index (χ4v) is 2.81. The van der Waals surface area contributed by atoms with Crippen LogP contribution in [0.2, 0.25) is 5.15 Å². The molecule has 0 saturated carbocycles. The Morgan fingerprint density at radius 2 is 2.23 bits per heavy atom. The van der Waals surface area contributed by atoms with Gasteiger partial charge >= 0.3 is 12.3 Å². The second kappa shape index (κ2) is 9.13. The van der Waals surface area contributed by atoms with Gasteiger partial charge in [0.2, 0.25) is 0 Å². The molecule has 142 valence electrons. The van der Waals surface area contributed by atoms with Crippen molar-refractivity contribution in [1.82, 2.24) is 14.8 Å². The van der Waals surface area contributed by atoms with Crippen molar-refractivity contribution in [2.45, 2.75) is 13.1 Å². The Balaban J connectivity index is 1.97. The smallest absolute Gasteiger partial charge is 0.414 e. The number of thioether (sulfide) groups is 1. The van der Waals surface area contributed by atoms with Crippen LogP contribution in [0.25, 0.3) is 5.69 Å². The predicted molar refractivity (Wildman–Crippen MR) is 94.1 cm³/mol. The maximum atomic E-state index is 12.2. The van der Waals surface area contributed by atoms with E-state index in [-0.39, 0.29) is 24.1 Å². The van der Waals surface area contributed by atoms with Crippen LogP contribution in [-0.2, 0) is 4.74 Å². The van der Waals surface area contributed by atoms with E-state index in [0.717, 1.165) is 0 Å². The number of carbonyl (C=O) groups excluding carboxylic acids is 1. The average molecular weight is 409 g/mol. The molecule has 0 fully saturated rings. The summed E-state index contributed by atoms with van der Waals surface area (Å²) in [5.74, 6) is -0.933. The van der Waals surface area contributed by atoms with Gasteiger partial charge in [-0.3, -0.25) is 9.88 Å². The lowest BCUT2D eigenvalue weighted by Gasteiger charge is -2.19. The highest BCUT2D eigenvalue weighted by molar-refractivity contribution is 7.99. The molecule has 0 aromatic carbocycles. The van der Waals surface area contributed by atoms with E-state index in [4.69, 9.17) is 16.3 Å². The van der Waals surface area contributed by atoms with Gasteiger partial charge in [-0.2, -0.15) is 18.3 Å². The third kappa shape index (κ3) is 5.80. The van der Waals surface area contributed by atoms with E-state index in [2.05, 4.69) is 10.1 Å². The molecule has 0 aliphatic heterocycles. The predicted octanol–water partition coefficient (Wildman–Crippen LogP) is 4.18. The average Bonchev–Trinajstić information content (AvgIpc) is 2.97. The summed E-state index contributed by atoms with van der Waals surface area (Å²) < 4.78 is 42.7. The monoisotopic (exact) mass is 408 g/mol. The molecule has 6 nitrogen and oxygen atoms in total. The zero-order valence-corrected chi connectivity index (χ0v) is 15.3. The van der Waals surface area contributed by atoms with Crippen molar-refractivity contribution >= 4 is 35.1 Å². The molecule has 0 atom stereocenters. The molecule has 0 aliphatic carbocycles. The first kappa shape index (κ1) is 20.4. The highest BCUT2D eigenvalue weighted by atomic mass is 35.5. The molecule has 2 heterocycles. The number of carbonyl (C=O) groups is 1. The molecular weight excluding hydrogens is 393 g/mol. The molecule has 2 aromatic rings. The summed E-state index contributed by atoms with van der Waals surface area (Å²) in [6.07, 6.45) is -0.185. The Kier molecular flexibility index (Phi) is 7.15. The van der Waals surface area contributed by atoms with Crippen LogP contribution in [0.5, 0.6) is 0 Å². The zero-order chi connectivity index (χ0) is 19.2. The molecule has 26 heavy (non-hydrogen) atoms. The Hall–Kier alpha value is -1.94. The van der Waals surface area contributed by atoms with Crippen LogP contribution in [0.15, 0.2) is 30.7 Å². The molecule has 0 spiro atoms. The molecule has 0 bridgehead atoms. The van der Waals surface area contributed by atoms with Crippen LogP contribution in [0.1, 0.15) is 6.92 Å².